The monoisotopic (exact) mass is 347 g/mol. The summed E-state index contributed by atoms with van der Waals surface area (Å²) in [6.07, 6.45) is 3.95. The maximum atomic E-state index is 13.0. The van der Waals surface area contributed by atoms with Gasteiger partial charge in [0, 0.05) is 10.9 Å². The second-order valence-corrected chi connectivity index (χ2v) is 8.04. The van der Waals surface area contributed by atoms with Crippen LogP contribution >= 0.6 is 11.3 Å². The summed E-state index contributed by atoms with van der Waals surface area (Å²) >= 11 is 1.65. The van der Waals surface area contributed by atoms with Crippen LogP contribution in [0.4, 0.5) is 0 Å². The van der Waals surface area contributed by atoms with E-state index in [9.17, 15) is 9.59 Å². The molecular weight excluding hydrogens is 322 g/mol. The molecule has 1 amide bonds. The number of carbonyl (C=O) groups is 1. The van der Waals surface area contributed by atoms with Crippen LogP contribution in [0.3, 0.4) is 0 Å². The minimum atomic E-state index is -0.131. The molecule has 2 heterocycles. The molecule has 0 radical (unpaired) electrons. The number of amides is 1. The molecule has 0 aromatic carbocycles. The van der Waals surface area contributed by atoms with Gasteiger partial charge in [-0.1, -0.05) is 13.8 Å². The zero-order valence-electron chi connectivity index (χ0n) is 14.8. The minimum Gasteiger partial charge on any atom is -0.352 e. The topological polar surface area (TPSA) is 64.0 Å². The first kappa shape index (κ1) is 17.1. The number of aromatic nitrogens is 2. The van der Waals surface area contributed by atoms with Crippen molar-refractivity contribution in [1.82, 2.24) is 14.9 Å². The van der Waals surface area contributed by atoms with Crippen LogP contribution in [-0.4, -0.2) is 21.5 Å². The predicted octanol–water partition coefficient (Wildman–Crippen LogP) is 2.81. The van der Waals surface area contributed by atoms with Gasteiger partial charge in [0.05, 0.1) is 5.39 Å². The SMILES string of the molecule is CCC(C)NC(=O)Cn1c(C)nc2sc3c(c2c1=O)CCC(C)C3. The van der Waals surface area contributed by atoms with E-state index < -0.39 is 0 Å². The van der Waals surface area contributed by atoms with Gasteiger partial charge in [-0.05, 0) is 51.0 Å². The zero-order valence-corrected chi connectivity index (χ0v) is 15.6. The van der Waals surface area contributed by atoms with Crippen molar-refractivity contribution in [2.75, 3.05) is 0 Å². The Kier molecular flexibility index (Phi) is 4.76. The first-order chi connectivity index (χ1) is 11.4. The van der Waals surface area contributed by atoms with Gasteiger partial charge < -0.3 is 5.32 Å². The highest BCUT2D eigenvalue weighted by Gasteiger charge is 2.24. The molecular formula is C18H25N3O2S. The molecule has 6 heteroatoms. The fraction of sp³-hybridized carbons (Fsp3) is 0.611. The average Bonchev–Trinajstić information content (AvgIpc) is 2.88. The van der Waals surface area contributed by atoms with Crippen molar-refractivity contribution in [3.8, 4) is 0 Å². The van der Waals surface area contributed by atoms with Crippen molar-refractivity contribution in [2.45, 2.75) is 66.0 Å². The Balaban J connectivity index is 2.00. The van der Waals surface area contributed by atoms with Gasteiger partial charge in [0.2, 0.25) is 5.91 Å². The molecule has 0 aliphatic heterocycles. The van der Waals surface area contributed by atoms with Crippen molar-refractivity contribution in [2.24, 2.45) is 5.92 Å². The summed E-state index contributed by atoms with van der Waals surface area (Å²) < 4.78 is 1.52. The normalized spacial score (nSPS) is 18.4. The predicted molar refractivity (Wildman–Crippen MR) is 97.7 cm³/mol. The first-order valence-electron chi connectivity index (χ1n) is 8.71. The third kappa shape index (κ3) is 3.11. The fourth-order valence-corrected chi connectivity index (χ4v) is 4.70. The van der Waals surface area contributed by atoms with Crippen molar-refractivity contribution in [3.05, 3.63) is 26.6 Å². The summed E-state index contributed by atoms with van der Waals surface area (Å²) in [4.78, 5) is 32.0. The molecule has 1 aliphatic rings. The molecule has 2 atom stereocenters. The minimum absolute atomic E-state index is 0.0406. The van der Waals surface area contributed by atoms with E-state index >= 15 is 0 Å². The Hall–Kier alpha value is -1.69. The molecule has 1 N–H and O–H groups in total. The molecule has 2 aromatic rings. The number of thiophene rings is 1. The average molecular weight is 347 g/mol. The Labute approximate surface area is 146 Å². The molecule has 24 heavy (non-hydrogen) atoms. The largest absolute Gasteiger partial charge is 0.352 e. The van der Waals surface area contributed by atoms with E-state index in [0.717, 1.165) is 35.9 Å². The number of nitrogens with zero attached hydrogens (tertiary/aromatic N) is 2. The van der Waals surface area contributed by atoms with Gasteiger partial charge in [0.15, 0.2) is 0 Å². The molecule has 5 nitrogen and oxygen atoms in total. The second kappa shape index (κ2) is 6.67. The number of hydrogen-bond acceptors (Lipinski definition) is 4. The van der Waals surface area contributed by atoms with Crippen molar-refractivity contribution >= 4 is 27.5 Å². The molecule has 0 bridgehead atoms. The van der Waals surface area contributed by atoms with Gasteiger partial charge in [0.25, 0.3) is 5.56 Å². The molecule has 3 rings (SSSR count). The van der Waals surface area contributed by atoms with Crippen LogP contribution < -0.4 is 10.9 Å². The van der Waals surface area contributed by atoms with Gasteiger partial charge in [-0.3, -0.25) is 14.2 Å². The van der Waals surface area contributed by atoms with Crippen LogP contribution in [0.1, 0.15) is 49.9 Å². The van der Waals surface area contributed by atoms with Crippen LogP contribution in [0, 0.1) is 12.8 Å². The first-order valence-corrected chi connectivity index (χ1v) is 9.53. The lowest BCUT2D eigenvalue weighted by molar-refractivity contribution is -0.122. The van der Waals surface area contributed by atoms with Gasteiger partial charge in [-0.25, -0.2) is 4.98 Å². The van der Waals surface area contributed by atoms with Crippen LogP contribution in [0.15, 0.2) is 4.79 Å². The summed E-state index contributed by atoms with van der Waals surface area (Å²) in [6.45, 7) is 8.08. The van der Waals surface area contributed by atoms with Crippen molar-refractivity contribution in [3.63, 3.8) is 0 Å². The molecule has 1 aliphatic carbocycles. The van der Waals surface area contributed by atoms with E-state index in [0.29, 0.717) is 11.7 Å². The number of carbonyl (C=O) groups excluding carboxylic acids is 1. The quantitative estimate of drug-likeness (QED) is 0.925. The van der Waals surface area contributed by atoms with E-state index in [4.69, 9.17) is 0 Å². The standard InChI is InChI=1S/C18H25N3O2S/c1-5-11(3)19-15(22)9-21-12(4)20-17-16(18(21)23)13-7-6-10(2)8-14(13)24-17/h10-11H,5-9H2,1-4H3,(H,19,22). The lowest BCUT2D eigenvalue weighted by Gasteiger charge is -2.17. The summed E-state index contributed by atoms with van der Waals surface area (Å²) in [7, 11) is 0. The Morgan fingerprint density at radius 3 is 2.96 bits per heavy atom. The highest BCUT2D eigenvalue weighted by molar-refractivity contribution is 7.18. The summed E-state index contributed by atoms with van der Waals surface area (Å²) in [5, 5.41) is 3.66. The van der Waals surface area contributed by atoms with E-state index in [1.54, 1.807) is 18.3 Å². The van der Waals surface area contributed by atoms with Crippen molar-refractivity contribution < 1.29 is 4.79 Å². The van der Waals surface area contributed by atoms with Crippen molar-refractivity contribution in [1.29, 1.82) is 0 Å². The Morgan fingerprint density at radius 2 is 2.25 bits per heavy atom. The molecule has 2 unspecified atom stereocenters. The Morgan fingerprint density at radius 1 is 1.50 bits per heavy atom. The number of nitrogens with one attached hydrogen (secondary N) is 1. The van der Waals surface area contributed by atoms with Gasteiger partial charge >= 0.3 is 0 Å². The smallest absolute Gasteiger partial charge is 0.263 e. The third-order valence-corrected chi connectivity index (χ3v) is 6.08. The van der Waals surface area contributed by atoms with E-state index in [1.807, 2.05) is 13.8 Å². The second-order valence-electron chi connectivity index (χ2n) is 6.96. The molecule has 0 saturated carbocycles. The number of rotatable bonds is 4. The summed E-state index contributed by atoms with van der Waals surface area (Å²) in [5.74, 6) is 1.14. The van der Waals surface area contributed by atoms with E-state index in [1.165, 1.54) is 15.0 Å². The zero-order chi connectivity index (χ0) is 17.4. The molecule has 0 saturated heterocycles. The molecule has 0 spiro atoms. The van der Waals surface area contributed by atoms with E-state index in [-0.39, 0.29) is 24.1 Å². The highest BCUT2D eigenvalue weighted by atomic mass is 32.1. The van der Waals surface area contributed by atoms with Crippen LogP contribution in [0.5, 0.6) is 0 Å². The highest BCUT2D eigenvalue weighted by Crippen LogP contribution is 2.35. The third-order valence-electron chi connectivity index (χ3n) is 4.93. The Bertz CT molecular complexity index is 837. The summed E-state index contributed by atoms with van der Waals surface area (Å²) in [5.41, 5.74) is 1.10. The van der Waals surface area contributed by atoms with Gasteiger partial charge in [-0.15, -0.1) is 11.3 Å². The number of aryl methyl sites for hydroxylation is 2. The number of fused-ring (bicyclic) bond motifs is 3. The number of hydrogen-bond donors (Lipinski definition) is 1. The van der Waals surface area contributed by atoms with Crippen LogP contribution in [-0.2, 0) is 24.2 Å². The molecule has 0 fully saturated rings. The lowest BCUT2D eigenvalue weighted by Crippen LogP contribution is -2.38. The van der Waals surface area contributed by atoms with Crippen LogP contribution in [0.2, 0.25) is 0 Å². The van der Waals surface area contributed by atoms with Gasteiger partial charge in [0.1, 0.15) is 17.2 Å². The molecule has 130 valence electrons. The molecule has 2 aromatic heterocycles. The van der Waals surface area contributed by atoms with E-state index in [2.05, 4.69) is 17.2 Å². The summed E-state index contributed by atoms with van der Waals surface area (Å²) in [6, 6.07) is 0.112. The lowest BCUT2D eigenvalue weighted by atomic mass is 9.89. The maximum absolute atomic E-state index is 13.0. The van der Waals surface area contributed by atoms with Gasteiger partial charge in [-0.2, -0.15) is 0 Å². The van der Waals surface area contributed by atoms with Crippen LogP contribution in [0.25, 0.3) is 10.2 Å². The maximum Gasteiger partial charge on any atom is 0.263 e. The fourth-order valence-electron chi connectivity index (χ4n) is 3.28.